The van der Waals surface area contributed by atoms with Gasteiger partial charge in [-0.25, -0.2) is 0 Å². The van der Waals surface area contributed by atoms with Crippen LogP contribution in [-0.2, 0) is 12.6 Å². The van der Waals surface area contributed by atoms with Gasteiger partial charge in [0.05, 0.1) is 16.3 Å². The van der Waals surface area contributed by atoms with E-state index in [2.05, 4.69) is 4.99 Å². The van der Waals surface area contributed by atoms with Crippen LogP contribution in [0.3, 0.4) is 0 Å². The summed E-state index contributed by atoms with van der Waals surface area (Å²) in [5.41, 5.74) is 2.87. The molecule has 0 saturated carbocycles. The average Bonchev–Trinajstić information content (AvgIpc) is 2.54. The molecule has 0 unspecified atom stereocenters. The summed E-state index contributed by atoms with van der Waals surface area (Å²) in [6.07, 6.45) is -1.05. The maximum Gasteiger partial charge on any atom is 0.416 e. The maximum absolute atomic E-state index is 12.5. The maximum atomic E-state index is 12.5. The molecule has 1 nitrogen and oxygen atoms in total. The molecule has 0 amide bonds. The van der Waals surface area contributed by atoms with E-state index in [9.17, 15) is 13.2 Å². The van der Waals surface area contributed by atoms with Crippen molar-refractivity contribution in [2.45, 2.75) is 19.0 Å². The second kappa shape index (κ2) is 6.20. The van der Waals surface area contributed by atoms with Crippen molar-refractivity contribution < 1.29 is 13.2 Å². The molecular formula is C18H13ClF3N. The Morgan fingerprint density at radius 2 is 1.65 bits per heavy atom. The van der Waals surface area contributed by atoms with Gasteiger partial charge in [-0.15, -0.1) is 0 Å². The van der Waals surface area contributed by atoms with E-state index in [1.165, 1.54) is 17.7 Å². The molecule has 0 bridgehead atoms. The van der Waals surface area contributed by atoms with Crippen LogP contribution in [0.5, 0.6) is 0 Å². The van der Waals surface area contributed by atoms with Gasteiger partial charge in [-0.3, -0.25) is 4.99 Å². The molecule has 3 rings (SSSR count). The van der Waals surface area contributed by atoms with Crippen LogP contribution in [0.2, 0.25) is 0 Å². The predicted molar refractivity (Wildman–Crippen MR) is 87.1 cm³/mol. The van der Waals surface area contributed by atoms with E-state index in [1.54, 1.807) is 6.21 Å². The van der Waals surface area contributed by atoms with Crippen LogP contribution in [0, 0.1) is 0 Å². The number of fused-ring (bicyclic) bond motifs is 1. The van der Waals surface area contributed by atoms with Crippen molar-refractivity contribution in [2.24, 2.45) is 4.99 Å². The van der Waals surface area contributed by atoms with Crippen LogP contribution in [0.1, 0.15) is 23.1 Å². The van der Waals surface area contributed by atoms with Crippen molar-refractivity contribution in [1.29, 1.82) is 0 Å². The number of allylic oxidation sites excluding steroid dienone is 1. The zero-order valence-electron chi connectivity index (χ0n) is 12.1. The number of halogens is 4. The summed E-state index contributed by atoms with van der Waals surface area (Å²) < 4.78 is 37.6. The fraction of sp³-hybridized carbons (Fsp3) is 0.167. The predicted octanol–water partition coefficient (Wildman–Crippen LogP) is 6.00. The zero-order chi connectivity index (χ0) is 16.4. The lowest BCUT2D eigenvalue weighted by atomic mass is 9.92. The molecule has 0 aliphatic heterocycles. The molecule has 0 atom stereocenters. The molecule has 0 aromatic heterocycles. The standard InChI is InChI=1S/C18H13ClF3N/c19-17-13(6-5-12-3-1-2-4-16(12)17)11-23-15-9-7-14(8-10-15)18(20,21)22/h1-4,7-11H,5-6H2. The summed E-state index contributed by atoms with van der Waals surface area (Å²) in [7, 11) is 0. The molecule has 2 aromatic rings. The van der Waals surface area contributed by atoms with Crippen molar-refractivity contribution in [3.63, 3.8) is 0 Å². The summed E-state index contributed by atoms with van der Waals surface area (Å²) in [6.45, 7) is 0. The first-order valence-electron chi connectivity index (χ1n) is 7.13. The summed E-state index contributed by atoms with van der Waals surface area (Å²) in [5, 5.41) is 0.655. The van der Waals surface area contributed by atoms with Gasteiger partial charge in [0.25, 0.3) is 0 Å². The highest BCUT2D eigenvalue weighted by atomic mass is 35.5. The van der Waals surface area contributed by atoms with Crippen molar-refractivity contribution >= 4 is 28.5 Å². The van der Waals surface area contributed by atoms with Gasteiger partial charge in [-0.05, 0) is 53.8 Å². The lowest BCUT2D eigenvalue weighted by Crippen LogP contribution is -2.04. The van der Waals surface area contributed by atoms with Gasteiger partial charge in [-0.2, -0.15) is 13.2 Å². The Morgan fingerprint density at radius 1 is 0.957 bits per heavy atom. The van der Waals surface area contributed by atoms with Crippen LogP contribution in [0.4, 0.5) is 18.9 Å². The SMILES string of the molecule is FC(F)(F)c1ccc(N=CC2=C(Cl)c3ccccc3CC2)cc1. The molecule has 0 radical (unpaired) electrons. The minimum atomic E-state index is -4.33. The Bertz CT molecular complexity index is 774. The van der Waals surface area contributed by atoms with Gasteiger partial charge in [-0.1, -0.05) is 35.9 Å². The van der Waals surface area contributed by atoms with E-state index in [0.29, 0.717) is 10.7 Å². The number of nitrogens with zero attached hydrogens (tertiary/aromatic N) is 1. The first kappa shape index (κ1) is 15.8. The van der Waals surface area contributed by atoms with Crippen LogP contribution in [0.15, 0.2) is 59.1 Å². The minimum Gasteiger partial charge on any atom is -0.257 e. The van der Waals surface area contributed by atoms with E-state index >= 15 is 0 Å². The number of hydrogen-bond donors (Lipinski definition) is 0. The summed E-state index contributed by atoms with van der Waals surface area (Å²) in [6, 6.07) is 12.7. The van der Waals surface area contributed by atoms with E-state index in [0.717, 1.165) is 36.1 Å². The second-order valence-corrected chi connectivity index (χ2v) is 5.68. The highest BCUT2D eigenvalue weighted by Crippen LogP contribution is 2.34. The van der Waals surface area contributed by atoms with Gasteiger partial charge in [0.15, 0.2) is 0 Å². The van der Waals surface area contributed by atoms with Crippen LogP contribution >= 0.6 is 11.6 Å². The van der Waals surface area contributed by atoms with Crippen molar-refractivity contribution in [2.75, 3.05) is 0 Å². The van der Waals surface area contributed by atoms with Crippen molar-refractivity contribution in [1.82, 2.24) is 0 Å². The molecule has 1 aliphatic carbocycles. The third-order valence-electron chi connectivity index (χ3n) is 3.76. The molecule has 23 heavy (non-hydrogen) atoms. The van der Waals surface area contributed by atoms with Gasteiger partial charge in [0.1, 0.15) is 0 Å². The quantitative estimate of drug-likeness (QED) is 0.596. The first-order valence-corrected chi connectivity index (χ1v) is 7.51. The number of benzene rings is 2. The van der Waals surface area contributed by atoms with E-state index in [-0.39, 0.29) is 0 Å². The highest BCUT2D eigenvalue weighted by Gasteiger charge is 2.29. The lowest BCUT2D eigenvalue weighted by molar-refractivity contribution is -0.137. The summed E-state index contributed by atoms with van der Waals surface area (Å²) in [4.78, 5) is 4.24. The monoisotopic (exact) mass is 335 g/mol. The lowest BCUT2D eigenvalue weighted by Gasteiger charge is -2.17. The molecule has 1 aliphatic rings. The molecule has 2 aromatic carbocycles. The Kier molecular flexibility index (Phi) is 4.26. The number of aryl methyl sites for hydroxylation is 1. The average molecular weight is 336 g/mol. The van der Waals surface area contributed by atoms with Gasteiger partial charge in [0.2, 0.25) is 0 Å². The van der Waals surface area contributed by atoms with E-state index in [1.807, 2.05) is 24.3 Å². The number of hydrogen-bond acceptors (Lipinski definition) is 1. The molecule has 118 valence electrons. The Balaban J connectivity index is 1.83. The Morgan fingerprint density at radius 3 is 2.35 bits per heavy atom. The summed E-state index contributed by atoms with van der Waals surface area (Å²) >= 11 is 6.40. The van der Waals surface area contributed by atoms with Crippen LogP contribution < -0.4 is 0 Å². The molecule has 0 N–H and O–H groups in total. The van der Waals surface area contributed by atoms with E-state index < -0.39 is 11.7 Å². The zero-order valence-corrected chi connectivity index (χ0v) is 12.8. The molecular weight excluding hydrogens is 323 g/mol. The van der Waals surface area contributed by atoms with Crippen LogP contribution in [0.25, 0.3) is 5.03 Å². The van der Waals surface area contributed by atoms with Gasteiger partial charge < -0.3 is 0 Å². The topological polar surface area (TPSA) is 12.4 Å². The van der Waals surface area contributed by atoms with Gasteiger partial charge in [0, 0.05) is 6.21 Å². The van der Waals surface area contributed by atoms with Crippen LogP contribution in [-0.4, -0.2) is 6.21 Å². The Labute approximate surface area is 137 Å². The third kappa shape index (κ3) is 3.48. The molecule has 0 fully saturated rings. The molecule has 0 spiro atoms. The van der Waals surface area contributed by atoms with Crippen molar-refractivity contribution in [3.8, 4) is 0 Å². The molecule has 0 heterocycles. The molecule has 5 heteroatoms. The number of aliphatic imine (C=N–C) groups is 1. The molecule has 0 saturated heterocycles. The third-order valence-corrected chi connectivity index (χ3v) is 4.21. The normalized spacial score (nSPS) is 15.1. The smallest absolute Gasteiger partial charge is 0.257 e. The number of alkyl halides is 3. The van der Waals surface area contributed by atoms with Crippen molar-refractivity contribution in [3.05, 3.63) is 70.8 Å². The fourth-order valence-electron chi connectivity index (χ4n) is 2.51. The fourth-order valence-corrected chi connectivity index (χ4v) is 2.84. The Hall–Kier alpha value is -2.07. The van der Waals surface area contributed by atoms with Gasteiger partial charge >= 0.3 is 6.18 Å². The largest absolute Gasteiger partial charge is 0.416 e. The minimum absolute atomic E-state index is 0.467. The second-order valence-electron chi connectivity index (χ2n) is 5.30. The number of rotatable bonds is 2. The van der Waals surface area contributed by atoms with E-state index in [4.69, 9.17) is 11.6 Å². The highest BCUT2D eigenvalue weighted by molar-refractivity contribution is 6.51. The summed E-state index contributed by atoms with van der Waals surface area (Å²) in [5.74, 6) is 0. The first-order chi connectivity index (χ1) is 10.9.